The Labute approximate surface area is 325 Å². The number of aliphatic carboxylic acids is 1. The van der Waals surface area contributed by atoms with E-state index >= 15 is 0 Å². The third kappa shape index (κ3) is 42.8. The predicted octanol–water partition coefficient (Wildman–Crippen LogP) is 16.3. The van der Waals surface area contributed by atoms with Crippen LogP contribution in [0.2, 0.25) is 0 Å². The normalized spacial score (nSPS) is 12.3. The van der Waals surface area contributed by atoms with Crippen LogP contribution in [0.3, 0.4) is 0 Å². The number of esters is 1. The summed E-state index contributed by atoms with van der Waals surface area (Å²) in [5.41, 5.74) is 0. The van der Waals surface area contributed by atoms with E-state index in [4.69, 9.17) is 9.84 Å². The molecule has 0 aromatic rings. The second kappa shape index (κ2) is 43.8. The fourth-order valence-electron chi connectivity index (χ4n) is 7.19. The highest BCUT2D eigenvalue weighted by molar-refractivity contribution is 5.69. The van der Waals surface area contributed by atoms with E-state index in [9.17, 15) is 9.59 Å². The van der Waals surface area contributed by atoms with Crippen LogP contribution in [0.5, 0.6) is 0 Å². The molecular formula is C48H90O4. The Kier molecular flexibility index (Phi) is 42.5. The first-order valence-electron chi connectivity index (χ1n) is 23.3. The minimum atomic E-state index is -0.700. The Bertz CT molecular complexity index is 787. The van der Waals surface area contributed by atoms with Gasteiger partial charge in [-0.1, -0.05) is 225 Å². The van der Waals surface area contributed by atoms with Crippen molar-refractivity contribution in [3.63, 3.8) is 0 Å². The molecule has 0 saturated heterocycles. The molecule has 306 valence electrons. The standard InChI is InChI=1S/C48H90O4/c1-3-5-7-9-11-13-14-15-16-17-18-19-20-21-22-23-24-25-26-27-29-31-37-41-45-48(51)52-46(42-38-34-30-28-12-10-8-6-4-2)43-39-35-32-33-36-40-44-47(49)50/h28,30,38,42,46H,3-27,29,31-37,39-41,43-45H2,1-2H3,(H,49,50)/b30-28-,42-38-. The fraction of sp³-hybridized carbons (Fsp3) is 0.875. The third-order valence-electron chi connectivity index (χ3n) is 10.7. The minimum Gasteiger partial charge on any atom is -0.481 e. The maximum absolute atomic E-state index is 12.7. The summed E-state index contributed by atoms with van der Waals surface area (Å²) in [6, 6.07) is 0. The van der Waals surface area contributed by atoms with E-state index in [2.05, 4.69) is 38.2 Å². The first kappa shape index (κ1) is 50.4. The van der Waals surface area contributed by atoms with Crippen LogP contribution in [0.4, 0.5) is 0 Å². The zero-order chi connectivity index (χ0) is 37.8. The molecule has 4 nitrogen and oxygen atoms in total. The summed E-state index contributed by atoms with van der Waals surface area (Å²) in [6.07, 6.45) is 56.8. The molecule has 0 aliphatic heterocycles. The van der Waals surface area contributed by atoms with Gasteiger partial charge >= 0.3 is 11.9 Å². The van der Waals surface area contributed by atoms with Gasteiger partial charge in [-0.3, -0.25) is 9.59 Å². The number of unbranched alkanes of at least 4 members (excludes halogenated alkanes) is 32. The third-order valence-corrected chi connectivity index (χ3v) is 10.7. The summed E-state index contributed by atoms with van der Waals surface area (Å²) in [5.74, 6) is -0.748. The average Bonchev–Trinajstić information content (AvgIpc) is 3.13. The van der Waals surface area contributed by atoms with Crippen LogP contribution in [0, 0.1) is 0 Å². The lowest BCUT2D eigenvalue weighted by Crippen LogP contribution is -2.16. The average molecular weight is 731 g/mol. The summed E-state index contributed by atoms with van der Waals surface area (Å²) in [6.45, 7) is 4.54. The van der Waals surface area contributed by atoms with Crippen LogP contribution < -0.4 is 0 Å². The van der Waals surface area contributed by atoms with Gasteiger partial charge in [-0.25, -0.2) is 0 Å². The van der Waals surface area contributed by atoms with Crippen LogP contribution in [0.25, 0.3) is 0 Å². The van der Waals surface area contributed by atoms with Crippen molar-refractivity contribution < 1.29 is 19.4 Å². The lowest BCUT2D eigenvalue weighted by atomic mass is 10.0. The van der Waals surface area contributed by atoms with Gasteiger partial charge in [0.25, 0.3) is 0 Å². The molecule has 0 saturated carbocycles. The molecule has 0 aliphatic rings. The number of carboxylic acids is 1. The quantitative estimate of drug-likeness (QED) is 0.0385. The summed E-state index contributed by atoms with van der Waals surface area (Å²) < 4.78 is 5.93. The number of hydrogen-bond acceptors (Lipinski definition) is 3. The number of hydrogen-bond donors (Lipinski definition) is 1. The minimum absolute atomic E-state index is 0.0476. The second-order valence-electron chi connectivity index (χ2n) is 15.9. The zero-order valence-electron chi connectivity index (χ0n) is 35.1. The Balaban J connectivity index is 3.83. The van der Waals surface area contributed by atoms with Crippen molar-refractivity contribution in [2.75, 3.05) is 0 Å². The molecule has 1 atom stereocenters. The molecule has 1 N–H and O–H groups in total. The van der Waals surface area contributed by atoms with E-state index in [1.165, 1.54) is 167 Å². The Morgan fingerprint density at radius 1 is 0.442 bits per heavy atom. The van der Waals surface area contributed by atoms with Gasteiger partial charge in [0.05, 0.1) is 0 Å². The molecule has 1 unspecified atom stereocenters. The number of rotatable bonds is 43. The van der Waals surface area contributed by atoms with Gasteiger partial charge in [0.15, 0.2) is 0 Å². The molecule has 0 spiro atoms. The SMILES string of the molecule is CCCCCC/C=C\C/C=C\C(CCCCCCCCC(=O)O)OC(=O)CCCCCCCCCCCCCCCCCCCCCCCCCC. The zero-order valence-corrected chi connectivity index (χ0v) is 35.1. The van der Waals surface area contributed by atoms with Crippen molar-refractivity contribution in [3.8, 4) is 0 Å². The molecule has 0 bridgehead atoms. The first-order chi connectivity index (χ1) is 25.6. The first-order valence-corrected chi connectivity index (χ1v) is 23.3. The molecular weight excluding hydrogens is 641 g/mol. The largest absolute Gasteiger partial charge is 0.481 e. The summed E-state index contributed by atoms with van der Waals surface area (Å²) in [7, 11) is 0. The number of carbonyl (C=O) groups is 2. The Morgan fingerprint density at radius 3 is 1.23 bits per heavy atom. The highest BCUT2D eigenvalue weighted by atomic mass is 16.5. The maximum atomic E-state index is 12.7. The van der Waals surface area contributed by atoms with Crippen molar-refractivity contribution in [1.82, 2.24) is 0 Å². The van der Waals surface area contributed by atoms with Crippen LogP contribution in [-0.4, -0.2) is 23.1 Å². The van der Waals surface area contributed by atoms with Crippen molar-refractivity contribution in [3.05, 3.63) is 24.3 Å². The molecule has 0 aromatic carbocycles. The van der Waals surface area contributed by atoms with Crippen LogP contribution in [0.1, 0.15) is 264 Å². The summed E-state index contributed by atoms with van der Waals surface area (Å²) >= 11 is 0. The van der Waals surface area contributed by atoms with E-state index in [0.29, 0.717) is 6.42 Å². The summed E-state index contributed by atoms with van der Waals surface area (Å²) in [4.78, 5) is 23.4. The number of carbonyl (C=O) groups excluding carboxylic acids is 1. The number of allylic oxidation sites excluding steroid dienone is 3. The monoisotopic (exact) mass is 731 g/mol. The van der Waals surface area contributed by atoms with E-state index in [1.807, 2.05) is 0 Å². The van der Waals surface area contributed by atoms with Gasteiger partial charge in [-0.2, -0.15) is 0 Å². The lowest BCUT2D eigenvalue weighted by Gasteiger charge is -2.14. The Morgan fingerprint density at radius 2 is 0.808 bits per heavy atom. The highest BCUT2D eigenvalue weighted by Gasteiger charge is 2.11. The molecule has 0 aliphatic carbocycles. The molecule has 0 rings (SSSR count). The van der Waals surface area contributed by atoms with Gasteiger partial charge in [0.1, 0.15) is 6.10 Å². The van der Waals surface area contributed by atoms with Gasteiger partial charge in [0.2, 0.25) is 0 Å². The second-order valence-corrected chi connectivity index (χ2v) is 15.9. The molecule has 0 radical (unpaired) electrons. The molecule has 0 amide bonds. The van der Waals surface area contributed by atoms with Crippen LogP contribution in [0.15, 0.2) is 24.3 Å². The van der Waals surface area contributed by atoms with E-state index in [1.54, 1.807) is 0 Å². The summed E-state index contributed by atoms with van der Waals surface area (Å²) in [5, 5.41) is 8.80. The van der Waals surface area contributed by atoms with Gasteiger partial charge in [0, 0.05) is 12.8 Å². The Hall–Kier alpha value is -1.58. The topological polar surface area (TPSA) is 63.6 Å². The van der Waals surface area contributed by atoms with E-state index < -0.39 is 5.97 Å². The van der Waals surface area contributed by atoms with Gasteiger partial charge < -0.3 is 9.84 Å². The fourth-order valence-corrected chi connectivity index (χ4v) is 7.19. The highest BCUT2D eigenvalue weighted by Crippen LogP contribution is 2.17. The molecule has 4 heteroatoms. The van der Waals surface area contributed by atoms with E-state index in [-0.39, 0.29) is 18.5 Å². The predicted molar refractivity (Wildman–Crippen MR) is 227 cm³/mol. The number of carboxylic acid groups (broad SMARTS) is 1. The molecule has 52 heavy (non-hydrogen) atoms. The van der Waals surface area contributed by atoms with Crippen molar-refractivity contribution in [2.45, 2.75) is 270 Å². The smallest absolute Gasteiger partial charge is 0.306 e. The molecule has 0 aromatic heterocycles. The molecule has 0 heterocycles. The maximum Gasteiger partial charge on any atom is 0.306 e. The van der Waals surface area contributed by atoms with Crippen molar-refractivity contribution in [1.29, 1.82) is 0 Å². The number of ether oxygens (including phenoxy) is 1. The van der Waals surface area contributed by atoms with E-state index in [0.717, 1.165) is 70.6 Å². The molecule has 0 fully saturated rings. The van der Waals surface area contributed by atoms with Crippen LogP contribution >= 0.6 is 0 Å². The van der Waals surface area contributed by atoms with Gasteiger partial charge in [-0.05, 0) is 51.0 Å². The lowest BCUT2D eigenvalue weighted by molar-refractivity contribution is -0.147. The van der Waals surface area contributed by atoms with Crippen molar-refractivity contribution >= 4 is 11.9 Å². The van der Waals surface area contributed by atoms with Crippen molar-refractivity contribution in [2.24, 2.45) is 0 Å². The van der Waals surface area contributed by atoms with Gasteiger partial charge in [-0.15, -0.1) is 0 Å². The van der Waals surface area contributed by atoms with Crippen LogP contribution in [-0.2, 0) is 14.3 Å².